The first-order valence-electron chi connectivity index (χ1n) is 10.4. The average molecular weight is 434 g/mol. The Morgan fingerprint density at radius 3 is 3.03 bits per heavy atom. The van der Waals surface area contributed by atoms with Crippen molar-refractivity contribution in [3.05, 3.63) is 76.1 Å². The third kappa shape index (κ3) is 3.93. The predicted molar refractivity (Wildman–Crippen MR) is 119 cm³/mol. The van der Waals surface area contributed by atoms with Gasteiger partial charge in [-0.15, -0.1) is 11.3 Å². The molecule has 2 aromatic heterocycles. The standard InChI is InChI=1S/C24H23N3O3S/c1-15-25-20-12-17(10-11-23(20)31-15)29-14-18-13-21(26-30-18)24(28)27(2)22-9-5-7-16-6-3-4-8-19(16)22/h3-4,6,8,10-13,22H,5,7,9,14H2,1-2H3/t22-/m0/s1. The van der Waals surface area contributed by atoms with E-state index in [-0.39, 0.29) is 18.6 Å². The maximum absolute atomic E-state index is 13.0. The highest BCUT2D eigenvalue weighted by atomic mass is 32.1. The molecule has 1 atom stereocenters. The van der Waals surface area contributed by atoms with Crippen LogP contribution in [0, 0.1) is 6.92 Å². The highest BCUT2D eigenvalue weighted by Crippen LogP contribution is 2.34. The molecule has 2 aromatic carbocycles. The van der Waals surface area contributed by atoms with Crippen molar-refractivity contribution in [2.75, 3.05) is 7.05 Å². The Morgan fingerprint density at radius 1 is 1.26 bits per heavy atom. The zero-order valence-electron chi connectivity index (χ0n) is 17.5. The fraction of sp³-hybridized carbons (Fsp3) is 0.292. The maximum Gasteiger partial charge on any atom is 0.276 e. The molecule has 0 spiro atoms. The molecule has 7 heteroatoms. The summed E-state index contributed by atoms with van der Waals surface area (Å²) in [6, 6.07) is 15.9. The summed E-state index contributed by atoms with van der Waals surface area (Å²) in [6.07, 6.45) is 3.08. The maximum atomic E-state index is 13.0. The lowest BCUT2D eigenvalue weighted by Crippen LogP contribution is -2.33. The number of hydrogen-bond donors (Lipinski definition) is 0. The van der Waals surface area contributed by atoms with Gasteiger partial charge in [-0.3, -0.25) is 4.79 Å². The van der Waals surface area contributed by atoms with Crippen molar-refractivity contribution in [3.63, 3.8) is 0 Å². The summed E-state index contributed by atoms with van der Waals surface area (Å²) < 4.78 is 12.3. The first-order valence-corrected chi connectivity index (χ1v) is 11.2. The Bertz CT molecular complexity index is 1250. The average Bonchev–Trinajstić information content (AvgIpc) is 3.41. The minimum atomic E-state index is -0.143. The lowest BCUT2D eigenvalue weighted by Gasteiger charge is -2.32. The first-order chi connectivity index (χ1) is 15.1. The van der Waals surface area contributed by atoms with Crippen LogP contribution in [0.5, 0.6) is 5.75 Å². The SMILES string of the molecule is Cc1nc2cc(OCc3cc(C(=O)N(C)[C@H]4CCCc5ccccc54)no3)ccc2s1. The van der Waals surface area contributed by atoms with Crippen LogP contribution < -0.4 is 4.74 Å². The van der Waals surface area contributed by atoms with Gasteiger partial charge in [0.2, 0.25) is 0 Å². The summed E-state index contributed by atoms with van der Waals surface area (Å²) in [4.78, 5) is 19.3. The van der Waals surface area contributed by atoms with Crippen molar-refractivity contribution < 1.29 is 14.1 Å². The molecule has 0 aliphatic heterocycles. The lowest BCUT2D eigenvalue weighted by molar-refractivity contribution is 0.0704. The third-order valence-electron chi connectivity index (χ3n) is 5.75. The molecular weight excluding hydrogens is 410 g/mol. The Balaban J connectivity index is 1.27. The summed E-state index contributed by atoms with van der Waals surface area (Å²) in [7, 11) is 1.84. The number of benzene rings is 2. The minimum Gasteiger partial charge on any atom is -0.485 e. The van der Waals surface area contributed by atoms with Crippen molar-refractivity contribution in [2.24, 2.45) is 0 Å². The number of carbonyl (C=O) groups is 1. The van der Waals surface area contributed by atoms with Crippen molar-refractivity contribution in [1.82, 2.24) is 15.0 Å². The van der Waals surface area contributed by atoms with Crippen LogP contribution in [0.1, 0.15) is 51.3 Å². The molecule has 1 aliphatic rings. The normalized spacial score (nSPS) is 15.6. The number of fused-ring (bicyclic) bond motifs is 2. The van der Waals surface area contributed by atoms with Gasteiger partial charge in [-0.25, -0.2) is 4.98 Å². The van der Waals surface area contributed by atoms with Gasteiger partial charge >= 0.3 is 0 Å². The van der Waals surface area contributed by atoms with Gasteiger partial charge in [0, 0.05) is 19.2 Å². The monoisotopic (exact) mass is 433 g/mol. The Hall–Kier alpha value is -3.19. The molecule has 6 nitrogen and oxygen atoms in total. The number of thiazole rings is 1. The second kappa shape index (κ2) is 8.15. The zero-order chi connectivity index (χ0) is 21.4. The summed E-state index contributed by atoms with van der Waals surface area (Å²) in [5.74, 6) is 1.07. The molecule has 0 saturated carbocycles. The topological polar surface area (TPSA) is 68.5 Å². The minimum absolute atomic E-state index is 0.0575. The van der Waals surface area contributed by atoms with E-state index < -0.39 is 0 Å². The zero-order valence-corrected chi connectivity index (χ0v) is 18.3. The number of aromatic nitrogens is 2. The molecule has 2 heterocycles. The third-order valence-corrected chi connectivity index (χ3v) is 6.70. The molecule has 1 amide bonds. The fourth-order valence-electron chi connectivity index (χ4n) is 4.20. The molecule has 0 radical (unpaired) electrons. The number of nitrogens with zero attached hydrogens (tertiary/aromatic N) is 3. The van der Waals surface area contributed by atoms with E-state index in [9.17, 15) is 4.79 Å². The Kier molecular flexibility index (Phi) is 5.19. The molecule has 1 aliphatic carbocycles. The second-order valence-corrected chi connectivity index (χ2v) is 9.09. The van der Waals surface area contributed by atoms with Gasteiger partial charge in [0.25, 0.3) is 5.91 Å². The second-order valence-electron chi connectivity index (χ2n) is 7.85. The van der Waals surface area contributed by atoms with Gasteiger partial charge < -0.3 is 14.2 Å². The van der Waals surface area contributed by atoms with E-state index in [4.69, 9.17) is 9.26 Å². The van der Waals surface area contributed by atoms with Gasteiger partial charge in [-0.2, -0.15) is 0 Å². The van der Waals surface area contributed by atoms with E-state index in [0.29, 0.717) is 17.2 Å². The van der Waals surface area contributed by atoms with Crippen molar-refractivity contribution in [2.45, 2.75) is 38.8 Å². The van der Waals surface area contributed by atoms with E-state index in [1.165, 1.54) is 11.1 Å². The number of rotatable bonds is 5. The number of ether oxygens (including phenoxy) is 1. The van der Waals surface area contributed by atoms with Crippen molar-refractivity contribution in [3.8, 4) is 5.75 Å². The van der Waals surface area contributed by atoms with Crippen LogP contribution in [0.15, 0.2) is 53.1 Å². The highest BCUT2D eigenvalue weighted by Gasteiger charge is 2.28. The quantitative estimate of drug-likeness (QED) is 0.426. The molecule has 0 unspecified atom stereocenters. The molecule has 4 aromatic rings. The summed E-state index contributed by atoms with van der Waals surface area (Å²) in [5.41, 5.74) is 3.77. The molecule has 0 N–H and O–H groups in total. The number of aryl methyl sites for hydroxylation is 2. The van der Waals surface area contributed by atoms with Gasteiger partial charge in [0.1, 0.15) is 12.4 Å². The molecule has 0 fully saturated rings. The molecular formula is C24H23N3O3S. The smallest absolute Gasteiger partial charge is 0.276 e. The molecule has 0 saturated heterocycles. The van der Waals surface area contributed by atoms with Crippen molar-refractivity contribution >= 4 is 27.5 Å². The number of amides is 1. The van der Waals surface area contributed by atoms with E-state index in [2.05, 4.69) is 28.3 Å². The van der Waals surface area contributed by atoms with Crippen LogP contribution in [-0.4, -0.2) is 28.0 Å². The van der Waals surface area contributed by atoms with E-state index >= 15 is 0 Å². The Morgan fingerprint density at radius 2 is 2.13 bits per heavy atom. The molecule has 31 heavy (non-hydrogen) atoms. The van der Waals surface area contributed by atoms with Gasteiger partial charge in [-0.05, 0) is 49.4 Å². The fourth-order valence-corrected chi connectivity index (χ4v) is 5.01. The largest absolute Gasteiger partial charge is 0.485 e. The van der Waals surface area contributed by atoms with Gasteiger partial charge in [0.05, 0.1) is 21.3 Å². The molecule has 158 valence electrons. The van der Waals surface area contributed by atoms with Crippen molar-refractivity contribution in [1.29, 1.82) is 0 Å². The van der Waals surface area contributed by atoms with Crippen LogP contribution >= 0.6 is 11.3 Å². The van der Waals surface area contributed by atoms with Crippen LogP contribution in [0.3, 0.4) is 0 Å². The van der Waals surface area contributed by atoms with E-state index in [1.807, 2.05) is 38.2 Å². The first kappa shape index (κ1) is 19.8. The van der Waals surface area contributed by atoms with Gasteiger partial charge in [0.15, 0.2) is 11.5 Å². The van der Waals surface area contributed by atoms with E-state index in [0.717, 1.165) is 34.5 Å². The summed E-state index contributed by atoms with van der Waals surface area (Å²) >= 11 is 1.65. The van der Waals surface area contributed by atoms with Crippen LogP contribution in [-0.2, 0) is 13.0 Å². The number of carbonyl (C=O) groups excluding carboxylic acids is 1. The summed E-state index contributed by atoms with van der Waals surface area (Å²) in [5, 5.41) is 5.02. The lowest BCUT2D eigenvalue weighted by atomic mass is 9.87. The van der Waals surface area contributed by atoms with Crippen LogP contribution in [0.4, 0.5) is 0 Å². The van der Waals surface area contributed by atoms with Crippen LogP contribution in [0.25, 0.3) is 10.2 Å². The van der Waals surface area contributed by atoms with Gasteiger partial charge in [-0.1, -0.05) is 29.4 Å². The number of hydrogen-bond acceptors (Lipinski definition) is 6. The molecule has 5 rings (SSSR count). The molecule has 0 bridgehead atoms. The van der Waals surface area contributed by atoms with E-state index in [1.54, 1.807) is 22.3 Å². The summed E-state index contributed by atoms with van der Waals surface area (Å²) in [6.45, 7) is 2.19. The Labute approximate surface area is 184 Å². The highest BCUT2D eigenvalue weighted by molar-refractivity contribution is 7.18. The van der Waals surface area contributed by atoms with Crippen LogP contribution in [0.2, 0.25) is 0 Å². The predicted octanol–water partition coefficient (Wildman–Crippen LogP) is 5.32.